The summed E-state index contributed by atoms with van der Waals surface area (Å²) in [5.74, 6) is -2.11. The van der Waals surface area contributed by atoms with E-state index in [1.165, 1.54) is 19.2 Å². The first-order valence-corrected chi connectivity index (χ1v) is 10.8. The van der Waals surface area contributed by atoms with Crippen molar-refractivity contribution in [3.63, 3.8) is 0 Å². The van der Waals surface area contributed by atoms with Gasteiger partial charge in [0.1, 0.15) is 17.2 Å². The Bertz CT molecular complexity index is 1290. The van der Waals surface area contributed by atoms with Crippen LogP contribution in [0.3, 0.4) is 0 Å². The van der Waals surface area contributed by atoms with Crippen LogP contribution < -0.4 is 16.4 Å². The zero-order chi connectivity index (χ0) is 25.7. The van der Waals surface area contributed by atoms with Crippen LogP contribution in [-0.4, -0.2) is 34.9 Å². The largest absolute Gasteiger partial charge is 0.465 e. The normalized spacial score (nSPS) is 11.5. The lowest BCUT2D eigenvalue weighted by atomic mass is 10.0. The molecule has 3 rings (SSSR count). The number of amides is 2. The number of nitrogens with zero attached hydrogens (tertiary/aromatic N) is 2. The Morgan fingerprint density at radius 2 is 1.69 bits per heavy atom. The van der Waals surface area contributed by atoms with Crippen molar-refractivity contribution in [1.29, 1.82) is 0 Å². The molecule has 0 aliphatic rings. The predicted molar refractivity (Wildman–Crippen MR) is 127 cm³/mol. The van der Waals surface area contributed by atoms with Crippen LogP contribution in [0.25, 0.3) is 0 Å². The molecule has 0 bridgehead atoms. The van der Waals surface area contributed by atoms with Gasteiger partial charge < -0.3 is 21.1 Å². The predicted octanol–water partition coefficient (Wildman–Crippen LogP) is 3.02. The third-order valence-corrected chi connectivity index (χ3v) is 5.39. The van der Waals surface area contributed by atoms with E-state index in [4.69, 9.17) is 10.5 Å². The standard InChI is InChI=1S/C25H26FN5O4/c1-13-10-17(6-7-18(13)24(34)35-4)15(3)29-23(33)21-11-20(30-25(27)31-21)22(32)28-12-16-5-8-19(26)14(2)9-16/h5-11,15H,12H2,1-4H3,(H,28,32)(H,29,33)(H2,27,30,31)/t15-/m0/s1. The van der Waals surface area contributed by atoms with E-state index in [0.29, 0.717) is 22.3 Å². The Morgan fingerprint density at radius 3 is 2.31 bits per heavy atom. The summed E-state index contributed by atoms with van der Waals surface area (Å²) in [5, 5.41) is 5.47. The minimum absolute atomic E-state index is 0.0740. The maximum Gasteiger partial charge on any atom is 0.338 e. The van der Waals surface area contributed by atoms with E-state index >= 15 is 0 Å². The van der Waals surface area contributed by atoms with Gasteiger partial charge in [0, 0.05) is 12.6 Å². The smallest absolute Gasteiger partial charge is 0.338 e. The van der Waals surface area contributed by atoms with Gasteiger partial charge in [-0.1, -0.05) is 24.3 Å². The fourth-order valence-electron chi connectivity index (χ4n) is 3.44. The summed E-state index contributed by atoms with van der Waals surface area (Å²) in [4.78, 5) is 45.0. The molecule has 3 aromatic rings. The lowest BCUT2D eigenvalue weighted by Gasteiger charge is -2.16. The summed E-state index contributed by atoms with van der Waals surface area (Å²) in [5.41, 5.74) is 8.66. The summed E-state index contributed by atoms with van der Waals surface area (Å²) in [6.45, 7) is 5.32. The summed E-state index contributed by atoms with van der Waals surface area (Å²) in [6, 6.07) is 10.5. The molecule has 0 spiro atoms. The number of aryl methyl sites for hydroxylation is 2. The molecule has 0 aliphatic heterocycles. The number of carbonyl (C=O) groups is 3. The molecule has 9 nitrogen and oxygen atoms in total. The highest BCUT2D eigenvalue weighted by Gasteiger charge is 2.19. The number of ether oxygens (including phenoxy) is 1. The maximum atomic E-state index is 13.4. The SMILES string of the molecule is COC(=O)c1ccc([C@H](C)NC(=O)c2cc(C(=O)NCc3ccc(F)c(C)c3)nc(N)n2)cc1C. The second-order valence-electron chi connectivity index (χ2n) is 8.02. The number of methoxy groups -OCH3 is 1. The number of aromatic nitrogens is 2. The minimum Gasteiger partial charge on any atom is -0.465 e. The van der Waals surface area contributed by atoms with Gasteiger partial charge in [0.25, 0.3) is 11.8 Å². The van der Waals surface area contributed by atoms with Gasteiger partial charge in [-0.3, -0.25) is 9.59 Å². The Kier molecular flexibility index (Phi) is 7.75. The number of hydrogen-bond acceptors (Lipinski definition) is 7. The van der Waals surface area contributed by atoms with Crippen molar-refractivity contribution in [3.8, 4) is 0 Å². The first kappa shape index (κ1) is 25.3. The zero-order valence-corrected chi connectivity index (χ0v) is 19.8. The molecule has 0 radical (unpaired) electrons. The van der Waals surface area contributed by atoms with Crippen molar-refractivity contribution in [2.75, 3.05) is 12.8 Å². The van der Waals surface area contributed by atoms with E-state index < -0.39 is 23.8 Å². The number of nitrogens with one attached hydrogen (secondary N) is 2. The van der Waals surface area contributed by atoms with Gasteiger partial charge in [-0.2, -0.15) is 0 Å². The Balaban J connectivity index is 1.70. The van der Waals surface area contributed by atoms with Crippen LogP contribution in [-0.2, 0) is 11.3 Å². The Hall–Kier alpha value is -4.34. The fraction of sp³-hybridized carbons (Fsp3) is 0.240. The molecule has 0 fully saturated rings. The number of anilines is 1. The number of nitrogens with two attached hydrogens (primary N) is 1. The molecule has 182 valence electrons. The summed E-state index contributed by atoms with van der Waals surface area (Å²) in [6.07, 6.45) is 0. The molecule has 0 unspecified atom stereocenters. The average Bonchev–Trinajstić information content (AvgIpc) is 2.83. The zero-order valence-electron chi connectivity index (χ0n) is 19.8. The van der Waals surface area contributed by atoms with Crippen LogP contribution >= 0.6 is 0 Å². The number of benzene rings is 2. The maximum absolute atomic E-state index is 13.4. The molecular weight excluding hydrogens is 453 g/mol. The van der Waals surface area contributed by atoms with Crippen molar-refractivity contribution in [3.05, 3.63) is 87.5 Å². The van der Waals surface area contributed by atoms with Crippen molar-refractivity contribution < 1.29 is 23.5 Å². The molecule has 1 heterocycles. The Morgan fingerprint density at radius 1 is 1.00 bits per heavy atom. The lowest BCUT2D eigenvalue weighted by Crippen LogP contribution is -2.29. The Labute approximate surface area is 201 Å². The van der Waals surface area contributed by atoms with Gasteiger partial charge in [-0.05, 0) is 55.2 Å². The molecule has 2 aromatic carbocycles. The molecule has 0 saturated carbocycles. The van der Waals surface area contributed by atoms with Crippen molar-refractivity contribution >= 4 is 23.7 Å². The van der Waals surface area contributed by atoms with E-state index in [9.17, 15) is 18.8 Å². The summed E-state index contributed by atoms with van der Waals surface area (Å²) in [7, 11) is 1.31. The van der Waals surface area contributed by atoms with E-state index in [0.717, 1.165) is 5.56 Å². The number of esters is 1. The van der Waals surface area contributed by atoms with Crippen LogP contribution in [0.5, 0.6) is 0 Å². The van der Waals surface area contributed by atoms with Crippen LogP contribution in [0.2, 0.25) is 0 Å². The molecule has 0 saturated heterocycles. The van der Waals surface area contributed by atoms with E-state index in [1.54, 1.807) is 51.1 Å². The van der Waals surface area contributed by atoms with Gasteiger partial charge in [0.05, 0.1) is 18.7 Å². The van der Waals surface area contributed by atoms with Crippen molar-refractivity contribution in [2.45, 2.75) is 33.4 Å². The number of carbonyl (C=O) groups excluding carboxylic acids is 3. The van der Waals surface area contributed by atoms with Crippen LogP contribution in [0.15, 0.2) is 42.5 Å². The lowest BCUT2D eigenvalue weighted by molar-refractivity contribution is 0.0599. The fourth-order valence-corrected chi connectivity index (χ4v) is 3.44. The molecule has 10 heteroatoms. The third-order valence-electron chi connectivity index (χ3n) is 5.39. The molecule has 2 amide bonds. The number of hydrogen-bond donors (Lipinski definition) is 3. The second kappa shape index (κ2) is 10.7. The number of rotatable bonds is 7. The first-order chi connectivity index (χ1) is 16.6. The highest BCUT2D eigenvalue weighted by molar-refractivity contribution is 5.98. The van der Waals surface area contributed by atoms with Gasteiger partial charge in [0.15, 0.2) is 0 Å². The molecule has 0 aliphatic carbocycles. The van der Waals surface area contributed by atoms with Crippen molar-refractivity contribution in [1.82, 2.24) is 20.6 Å². The topological polar surface area (TPSA) is 136 Å². The third kappa shape index (κ3) is 6.17. The number of halogens is 1. The molecule has 1 atom stereocenters. The van der Waals surface area contributed by atoms with Crippen LogP contribution in [0.4, 0.5) is 10.3 Å². The van der Waals surface area contributed by atoms with Gasteiger partial charge in [-0.25, -0.2) is 19.2 Å². The highest BCUT2D eigenvalue weighted by atomic mass is 19.1. The quantitative estimate of drug-likeness (QED) is 0.443. The van der Waals surface area contributed by atoms with Gasteiger partial charge in [-0.15, -0.1) is 0 Å². The highest BCUT2D eigenvalue weighted by Crippen LogP contribution is 2.19. The summed E-state index contributed by atoms with van der Waals surface area (Å²) >= 11 is 0. The average molecular weight is 480 g/mol. The van der Waals surface area contributed by atoms with Crippen LogP contribution in [0, 0.1) is 19.7 Å². The van der Waals surface area contributed by atoms with E-state index in [1.807, 2.05) is 0 Å². The van der Waals surface area contributed by atoms with Crippen molar-refractivity contribution in [2.24, 2.45) is 0 Å². The first-order valence-electron chi connectivity index (χ1n) is 10.8. The minimum atomic E-state index is -0.558. The number of nitrogen functional groups attached to an aromatic ring is 1. The van der Waals surface area contributed by atoms with Gasteiger partial charge in [0.2, 0.25) is 5.95 Å². The molecular formula is C25H26FN5O4. The molecule has 4 N–H and O–H groups in total. The van der Waals surface area contributed by atoms with Crippen LogP contribution in [0.1, 0.15) is 66.6 Å². The van der Waals surface area contributed by atoms with Gasteiger partial charge >= 0.3 is 5.97 Å². The van der Waals surface area contributed by atoms with E-state index in [2.05, 4.69) is 20.6 Å². The monoisotopic (exact) mass is 479 g/mol. The second-order valence-corrected chi connectivity index (χ2v) is 8.02. The molecule has 1 aromatic heterocycles. The summed E-state index contributed by atoms with van der Waals surface area (Å²) < 4.78 is 18.2. The molecule has 35 heavy (non-hydrogen) atoms. The van der Waals surface area contributed by atoms with E-state index in [-0.39, 0.29) is 29.7 Å².